The Labute approximate surface area is 113 Å². The van der Waals surface area contributed by atoms with E-state index in [1.54, 1.807) is 0 Å². The Bertz CT molecular complexity index is 549. The monoisotopic (exact) mass is 253 g/mol. The van der Waals surface area contributed by atoms with Gasteiger partial charge in [0.25, 0.3) is 0 Å². The number of aryl methyl sites for hydroxylation is 1. The van der Waals surface area contributed by atoms with Gasteiger partial charge >= 0.3 is 0 Å². The lowest BCUT2D eigenvalue weighted by molar-refractivity contribution is 0.462. The molecular formula is C17H16FN. The van der Waals surface area contributed by atoms with E-state index >= 15 is 0 Å². The van der Waals surface area contributed by atoms with Gasteiger partial charge < -0.3 is 0 Å². The van der Waals surface area contributed by atoms with Crippen molar-refractivity contribution < 1.29 is 4.39 Å². The predicted molar refractivity (Wildman–Crippen MR) is 75.5 cm³/mol. The molecule has 0 saturated carbocycles. The Balaban J connectivity index is 2.07. The Kier molecular flexibility index (Phi) is 4.69. The minimum Gasteiger partial charge on any atom is -0.251 e. The molecule has 0 radical (unpaired) electrons. The lowest BCUT2D eigenvalue weighted by atomic mass is 10.0. The van der Waals surface area contributed by atoms with Crippen LogP contribution in [0.25, 0.3) is 11.1 Å². The number of nitrogens with zero attached hydrogens (tertiary/aromatic N) is 1. The average molecular weight is 253 g/mol. The SMILES string of the molecule is N#Cc1ccc(-c2ccc(CCCCF)cc2)cc1. The molecule has 0 aliphatic heterocycles. The smallest absolute Gasteiger partial charge is 0.0991 e. The van der Waals surface area contributed by atoms with Crippen molar-refractivity contribution in [2.45, 2.75) is 19.3 Å². The Morgan fingerprint density at radius 2 is 1.42 bits per heavy atom. The molecule has 2 heteroatoms. The Morgan fingerprint density at radius 3 is 1.95 bits per heavy atom. The number of benzene rings is 2. The highest BCUT2D eigenvalue weighted by molar-refractivity contribution is 5.64. The summed E-state index contributed by atoms with van der Waals surface area (Å²) in [7, 11) is 0. The molecule has 0 heterocycles. The molecule has 2 rings (SSSR count). The van der Waals surface area contributed by atoms with Crippen molar-refractivity contribution >= 4 is 0 Å². The second kappa shape index (κ2) is 6.70. The third-order valence-electron chi connectivity index (χ3n) is 3.15. The van der Waals surface area contributed by atoms with Crippen LogP contribution >= 0.6 is 0 Å². The van der Waals surface area contributed by atoms with E-state index in [1.807, 2.05) is 24.3 Å². The zero-order valence-electron chi connectivity index (χ0n) is 10.8. The van der Waals surface area contributed by atoms with E-state index in [2.05, 4.69) is 30.3 Å². The van der Waals surface area contributed by atoms with E-state index in [4.69, 9.17) is 5.26 Å². The standard InChI is InChI=1S/C17H16FN/c18-12-2-1-3-14-4-8-16(9-5-14)17-10-6-15(13-19)7-11-17/h4-11H,1-3,12H2. The zero-order valence-corrected chi connectivity index (χ0v) is 10.8. The number of halogens is 1. The van der Waals surface area contributed by atoms with Gasteiger partial charge in [-0.2, -0.15) is 5.26 Å². The summed E-state index contributed by atoms with van der Waals surface area (Å²) in [6.07, 6.45) is 2.46. The van der Waals surface area contributed by atoms with Gasteiger partial charge in [-0.3, -0.25) is 4.39 Å². The van der Waals surface area contributed by atoms with E-state index in [0.29, 0.717) is 12.0 Å². The lowest BCUT2D eigenvalue weighted by Crippen LogP contribution is -1.87. The van der Waals surface area contributed by atoms with E-state index in [-0.39, 0.29) is 6.67 Å². The molecule has 0 spiro atoms. The van der Waals surface area contributed by atoms with E-state index in [1.165, 1.54) is 5.56 Å². The summed E-state index contributed by atoms with van der Waals surface area (Å²) in [4.78, 5) is 0. The first-order chi connectivity index (χ1) is 9.33. The summed E-state index contributed by atoms with van der Waals surface area (Å²) >= 11 is 0. The van der Waals surface area contributed by atoms with Crippen LogP contribution in [-0.2, 0) is 6.42 Å². The molecule has 1 nitrogen and oxygen atoms in total. The molecule has 96 valence electrons. The average Bonchev–Trinajstić information content (AvgIpc) is 2.48. The maximum Gasteiger partial charge on any atom is 0.0991 e. The summed E-state index contributed by atoms with van der Waals surface area (Å²) in [5.41, 5.74) is 4.16. The van der Waals surface area contributed by atoms with Gasteiger partial charge in [-0.25, -0.2) is 0 Å². The Morgan fingerprint density at radius 1 is 0.842 bits per heavy atom. The number of unbranched alkanes of at least 4 members (excludes halogenated alkanes) is 1. The largest absolute Gasteiger partial charge is 0.251 e. The fourth-order valence-electron chi connectivity index (χ4n) is 2.02. The van der Waals surface area contributed by atoms with Crippen LogP contribution in [0.3, 0.4) is 0 Å². The Hall–Kier alpha value is -2.14. The van der Waals surface area contributed by atoms with Crippen LogP contribution in [0.1, 0.15) is 24.0 Å². The summed E-state index contributed by atoms with van der Waals surface area (Å²) in [5, 5.41) is 8.76. The molecule has 0 aromatic heterocycles. The van der Waals surface area contributed by atoms with Gasteiger partial charge in [0, 0.05) is 0 Å². The van der Waals surface area contributed by atoms with E-state index < -0.39 is 0 Å². The molecule has 19 heavy (non-hydrogen) atoms. The van der Waals surface area contributed by atoms with Gasteiger partial charge in [-0.05, 0) is 48.1 Å². The minimum atomic E-state index is -0.233. The topological polar surface area (TPSA) is 23.8 Å². The van der Waals surface area contributed by atoms with Crippen LogP contribution < -0.4 is 0 Å². The zero-order chi connectivity index (χ0) is 13.5. The quantitative estimate of drug-likeness (QED) is 0.719. The fourth-order valence-corrected chi connectivity index (χ4v) is 2.02. The summed E-state index contributed by atoms with van der Waals surface area (Å²) in [5.74, 6) is 0. The van der Waals surface area contributed by atoms with Crippen molar-refractivity contribution in [3.8, 4) is 17.2 Å². The highest BCUT2D eigenvalue weighted by Gasteiger charge is 1.99. The van der Waals surface area contributed by atoms with Crippen LogP contribution in [0.5, 0.6) is 0 Å². The van der Waals surface area contributed by atoms with E-state index in [0.717, 1.165) is 24.0 Å². The first kappa shape index (κ1) is 13.3. The molecule has 2 aromatic rings. The molecule has 0 atom stereocenters. The molecule has 0 aliphatic rings. The second-order valence-corrected chi connectivity index (χ2v) is 4.53. The van der Waals surface area contributed by atoms with Crippen LogP contribution in [0.15, 0.2) is 48.5 Å². The highest BCUT2D eigenvalue weighted by Crippen LogP contribution is 2.20. The predicted octanol–water partition coefficient (Wildman–Crippen LogP) is 4.52. The van der Waals surface area contributed by atoms with Crippen molar-refractivity contribution in [1.82, 2.24) is 0 Å². The molecule has 0 bridgehead atoms. The van der Waals surface area contributed by atoms with Gasteiger partial charge in [-0.1, -0.05) is 36.4 Å². The number of nitriles is 1. The highest BCUT2D eigenvalue weighted by atomic mass is 19.1. The van der Waals surface area contributed by atoms with Crippen molar-refractivity contribution in [1.29, 1.82) is 5.26 Å². The summed E-state index contributed by atoms with van der Waals surface area (Å²) in [6, 6.07) is 18.0. The molecule has 0 N–H and O–H groups in total. The third-order valence-corrected chi connectivity index (χ3v) is 3.15. The maximum atomic E-state index is 12.0. The van der Waals surface area contributed by atoms with Crippen LogP contribution in [-0.4, -0.2) is 6.67 Å². The first-order valence-corrected chi connectivity index (χ1v) is 6.49. The number of alkyl halides is 1. The van der Waals surface area contributed by atoms with Crippen LogP contribution in [0.4, 0.5) is 4.39 Å². The van der Waals surface area contributed by atoms with Gasteiger partial charge in [0.2, 0.25) is 0 Å². The van der Waals surface area contributed by atoms with Gasteiger partial charge in [0.1, 0.15) is 0 Å². The minimum absolute atomic E-state index is 0.233. The van der Waals surface area contributed by atoms with Crippen LogP contribution in [0.2, 0.25) is 0 Å². The summed E-state index contributed by atoms with van der Waals surface area (Å²) < 4.78 is 12.0. The fraction of sp³-hybridized carbons (Fsp3) is 0.235. The number of hydrogen-bond acceptors (Lipinski definition) is 1. The third kappa shape index (κ3) is 3.66. The van der Waals surface area contributed by atoms with Gasteiger partial charge in [0.15, 0.2) is 0 Å². The molecule has 0 fully saturated rings. The van der Waals surface area contributed by atoms with E-state index in [9.17, 15) is 4.39 Å². The van der Waals surface area contributed by atoms with Crippen molar-refractivity contribution in [3.63, 3.8) is 0 Å². The molecule has 0 aliphatic carbocycles. The second-order valence-electron chi connectivity index (χ2n) is 4.53. The molecule has 2 aromatic carbocycles. The molecule has 0 saturated heterocycles. The van der Waals surface area contributed by atoms with Crippen molar-refractivity contribution in [2.75, 3.05) is 6.67 Å². The first-order valence-electron chi connectivity index (χ1n) is 6.49. The normalized spacial score (nSPS) is 10.1. The molecule has 0 amide bonds. The number of hydrogen-bond donors (Lipinski definition) is 0. The van der Waals surface area contributed by atoms with Gasteiger partial charge in [-0.15, -0.1) is 0 Å². The molecule has 0 unspecified atom stereocenters. The summed E-state index contributed by atoms with van der Waals surface area (Å²) in [6.45, 7) is -0.233. The molecular weight excluding hydrogens is 237 g/mol. The van der Waals surface area contributed by atoms with Crippen molar-refractivity contribution in [2.24, 2.45) is 0 Å². The van der Waals surface area contributed by atoms with Gasteiger partial charge in [0.05, 0.1) is 18.3 Å². The van der Waals surface area contributed by atoms with Crippen LogP contribution in [0, 0.1) is 11.3 Å². The maximum absolute atomic E-state index is 12.0. The lowest BCUT2D eigenvalue weighted by Gasteiger charge is -2.04. The number of rotatable bonds is 5. The van der Waals surface area contributed by atoms with Crippen molar-refractivity contribution in [3.05, 3.63) is 59.7 Å².